The minimum atomic E-state index is -0.117. The highest BCUT2D eigenvalue weighted by atomic mass is 35.5. The number of hydrogen-bond donors (Lipinski definition) is 1. The van der Waals surface area contributed by atoms with Gasteiger partial charge in [0.25, 0.3) is 0 Å². The summed E-state index contributed by atoms with van der Waals surface area (Å²) in [6, 6.07) is 15.6. The first-order chi connectivity index (χ1) is 11.6. The Labute approximate surface area is 155 Å². The van der Waals surface area contributed by atoms with Crippen molar-refractivity contribution in [1.29, 1.82) is 0 Å². The predicted molar refractivity (Wildman–Crippen MR) is 105 cm³/mol. The van der Waals surface area contributed by atoms with E-state index in [1.165, 1.54) is 17.3 Å². The van der Waals surface area contributed by atoms with Gasteiger partial charge in [0, 0.05) is 10.8 Å². The van der Waals surface area contributed by atoms with Crippen LogP contribution in [0.5, 0.6) is 0 Å². The van der Waals surface area contributed by atoms with Crippen LogP contribution in [0.1, 0.15) is 24.1 Å². The van der Waals surface area contributed by atoms with Crippen molar-refractivity contribution in [2.24, 2.45) is 4.99 Å². The first-order valence-electron chi connectivity index (χ1n) is 7.59. The van der Waals surface area contributed by atoms with Crippen LogP contribution in [0.3, 0.4) is 0 Å². The second-order valence-electron chi connectivity index (χ2n) is 5.39. The lowest BCUT2D eigenvalue weighted by Gasteiger charge is -2.17. The molecule has 0 radical (unpaired) electrons. The van der Waals surface area contributed by atoms with Crippen molar-refractivity contribution >= 4 is 51.1 Å². The summed E-state index contributed by atoms with van der Waals surface area (Å²) in [5.74, 6) is 1.23. The van der Waals surface area contributed by atoms with Gasteiger partial charge in [-0.15, -0.1) is 0 Å². The average molecular weight is 377 g/mol. The molecule has 1 N–H and O–H groups in total. The van der Waals surface area contributed by atoms with E-state index in [9.17, 15) is 4.79 Å². The summed E-state index contributed by atoms with van der Waals surface area (Å²) in [5.41, 5.74) is 3.17. The molecule has 0 saturated carbocycles. The van der Waals surface area contributed by atoms with E-state index in [2.05, 4.69) is 16.4 Å². The van der Waals surface area contributed by atoms with E-state index < -0.39 is 0 Å². The Balaban J connectivity index is 1.55. The molecule has 6 heteroatoms. The number of carbonyl (C=O) groups excluding carboxylic acids is 1. The third-order valence-electron chi connectivity index (χ3n) is 3.63. The number of halogens is 1. The molecule has 0 fully saturated rings. The van der Waals surface area contributed by atoms with Crippen LogP contribution in [-0.2, 0) is 10.5 Å². The van der Waals surface area contributed by atoms with Crippen molar-refractivity contribution in [3.63, 3.8) is 0 Å². The Morgan fingerprint density at radius 2 is 2.04 bits per heavy atom. The van der Waals surface area contributed by atoms with Crippen molar-refractivity contribution in [3.05, 3.63) is 64.7 Å². The standard InChI is InChI=1S/C18H17ClN2OS2/c1-12(14-7-3-4-8-15(14)19)20-17(22)11-24-18-21-16-9-5-2-6-13(16)10-23-18/h2-9,12H,10-11H2,1H3,(H,20,22)/t12-/m1/s1. The minimum Gasteiger partial charge on any atom is -0.349 e. The van der Waals surface area contributed by atoms with Crippen molar-refractivity contribution in [1.82, 2.24) is 5.32 Å². The number of amides is 1. The molecule has 3 nitrogen and oxygen atoms in total. The SMILES string of the molecule is C[C@@H](NC(=O)CSC1=Nc2ccccc2CS1)c1ccccc1Cl. The van der Waals surface area contributed by atoms with Crippen LogP contribution in [0, 0.1) is 0 Å². The Morgan fingerprint density at radius 3 is 2.88 bits per heavy atom. The molecule has 3 rings (SSSR count). The van der Waals surface area contributed by atoms with Crippen molar-refractivity contribution in [3.8, 4) is 0 Å². The van der Waals surface area contributed by atoms with Gasteiger partial charge in [-0.05, 0) is 30.2 Å². The van der Waals surface area contributed by atoms with E-state index in [0.29, 0.717) is 10.8 Å². The number of nitrogens with zero attached hydrogens (tertiary/aromatic N) is 1. The second-order valence-corrected chi connectivity index (χ2v) is 7.99. The average Bonchev–Trinajstić information content (AvgIpc) is 2.60. The summed E-state index contributed by atoms with van der Waals surface area (Å²) in [5, 5.41) is 3.66. The lowest BCUT2D eigenvalue weighted by Crippen LogP contribution is -2.28. The zero-order valence-electron chi connectivity index (χ0n) is 13.2. The summed E-state index contributed by atoms with van der Waals surface area (Å²) in [6.07, 6.45) is 0. The third kappa shape index (κ3) is 4.35. The van der Waals surface area contributed by atoms with Gasteiger partial charge < -0.3 is 5.32 Å². The highest BCUT2D eigenvalue weighted by molar-refractivity contribution is 8.38. The maximum Gasteiger partial charge on any atom is 0.230 e. The molecular formula is C18H17ClN2OS2. The number of fused-ring (bicyclic) bond motifs is 1. The number of aliphatic imine (C=N–C) groups is 1. The molecule has 2 aromatic rings. The van der Waals surface area contributed by atoms with Gasteiger partial charge in [-0.25, -0.2) is 4.99 Å². The highest BCUT2D eigenvalue weighted by Crippen LogP contribution is 2.34. The molecule has 1 aliphatic heterocycles. The van der Waals surface area contributed by atoms with Gasteiger partial charge in [-0.2, -0.15) is 0 Å². The lowest BCUT2D eigenvalue weighted by atomic mass is 10.1. The number of thioether (sulfide) groups is 2. The van der Waals surface area contributed by atoms with Crippen LogP contribution in [0.25, 0.3) is 0 Å². The number of carbonyl (C=O) groups is 1. The Morgan fingerprint density at radius 1 is 1.29 bits per heavy atom. The van der Waals surface area contributed by atoms with Gasteiger partial charge in [0.1, 0.15) is 4.38 Å². The summed E-state index contributed by atoms with van der Waals surface area (Å²) in [4.78, 5) is 16.8. The molecule has 2 aromatic carbocycles. The zero-order chi connectivity index (χ0) is 16.9. The van der Waals surface area contributed by atoms with Crippen LogP contribution >= 0.6 is 35.1 Å². The first-order valence-corrected chi connectivity index (χ1v) is 9.94. The smallest absolute Gasteiger partial charge is 0.230 e. The molecular weight excluding hydrogens is 360 g/mol. The Kier molecular flexibility index (Phi) is 5.87. The Bertz CT molecular complexity index is 779. The van der Waals surface area contributed by atoms with E-state index in [1.54, 1.807) is 11.8 Å². The maximum atomic E-state index is 12.2. The summed E-state index contributed by atoms with van der Waals surface area (Å²) in [6.45, 7) is 1.94. The van der Waals surface area contributed by atoms with E-state index in [4.69, 9.17) is 11.6 Å². The molecule has 124 valence electrons. The van der Waals surface area contributed by atoms with E-state index in [1.807, 2.05) is 49.4 Å². The van der Waals surface area contributed by atoms with Crippen molar-refractivity contribution in [2.75, 3.05) is 5.75 Å². The van der Waals surface area contributed by atoms with Gasteiger partial charge in [0.05, 0.1) is 17.5 Å². The number of rotatable bonds is 4. The van der Waals surface area contributed by atoms with E-state index >= 15 is 0 Å². The van der Waals surface area contributed by atoms with E-state index in [0.717, 1.165) is 21.4 Å². The third-order valence-corrected chi connectivity index (χ3v) is 6.22. The van der Waals surface area contributed by atoms with Crippen LogP contribution in [-0.4, -0.2) is 16.0 Å². The number of para-hydroxylation sites is 1. The Hall–Kier alpha value is -1.43. The molecule has 0 bridgehead atoms. The normalized spacial score (nSPS) is 14.5. The monoisotopic (exact) mass is 376 g/mol. The zero-order valence-corrected chi connectivity index (χ0v) is 15.5. The molecule has 1 heterocycles. The molecule has 1 atom stereocenters. The summed E-state index contributed by atoms with van der Waals surface area (Å²) < 4.78 is 0.939. The molecule has 0 spiro atoms. The number of hydrogen-bond acceptors (Lipinski definition) is 4. The molecule has 0 aromatic heterocycles. The summed E-state index contributed by atoms with van der Waals surface area (Å²) in [7, 11) is 0. The molecule has 1 amide bonds. The predicted octanol–water partition coefficient (Wildman–Crippen LogP) is 5.18. The van der Waals surface area contributed by atoms with E-state index in [-0.39, 0.29) is 11.9 Å². The first kappa shape index (κ1) is 17.4. The fourth-order valence-corrected chi connectivity index (χ4v) is 4.57. The van der Waals surface area contributed by atoms with Gasteiger partial charge in [0.2, 0.25) is 5.91 Å². The summed E-state index contributed by atoms with van der Waals surface area (Å²) >= 11 is 9.33. The van der Waals surface area contributed by atoms with Crippen LogP contribution < -0.4 is 5.32 Å². The molecule has 24 heavy (non-hydrogen) atoms. The number of nitrogens with one attached hydrogen (secondary N) is 1. The lowest BCUT2D eigenvalue weighted by molar-refractivity contribution is -0.119. The fourth-order valence-electron chi connectivity index (χ4n) is 2.40. The van der Waals surface area contributed by atoms with Gasteiger partial charge in [-0.1, -0.05) is 71.5 Å². The maximum absolute atomic E-state index is 12.2. The van der Waals surface area contributed by atoms with Crippen LogP contribution in [0.15, 0.2) is 53.5 Å². The number of benzene rings is 2. The quantitative estimate of drug-likeness (QED) is 0.798. The minimum absolute atomic E-state index is 0.0189. The largest absolute Gasteiger partial charge is 0.349 e. The highest BCUT2D eigenvalue weighted by Gasteiger charge is 2.16. The van der Waals surface area contributed by atoms with Gasteiger partial charge in [0.15, 0.2) is 0 Å². The fraction of sp³-hybridized carbons (Fsp3) is 0.222. The van der Waals surface area contributed by atoms with Crippen LogP contribution in [0.4, 0.5) is 5.69 Å². The molecule has 0 saturated heterocycles. The second kappa shape index (κ2) is 8.10. The van der Waals surface area contributed by atoms with Crippen molar-refractivity contribution < 1.29 is 4.79 Å². The molecule has 0 unspecified atom stereocenters. The molecule has 0 aliphatic carbocycles. The van der Waals surface area contributed by atoms with Gasteiger partial charge >= 0.3 is 0 Å². The topological polar surface area (TPSA) is 41.5 Å². The van der Waals surface area contributed by atoms with Gasteiger partial charge in [-0.3, -0.25) is 4.79 Å². The van der Waals surface area contributed by atoms with Crippen LogP contribution in [0.2, 0.25) is 5.02 Å². The molecule has 1 aliphatic rings. The van der Waals surface area contributed by atoms with Crippen molar-refractivity contribution in [2.45, 2.75) is 18.7 Å².